The molecule has 0 aliphatic heterocycles. The molecule has 1 amide bonds. The number of nitrogens with one attached hydrogen (secondary N) is 1. The van der Waals surface area contributed by atoms with Gasteiger partial charge in [0.15, 0.2) is 0 Å². The highest BCUT2D eigenvalue weighted by atomic mass is 35.5. The van der Waals surface area contributed by atoms with Crippen LogP contribution in [0.15, 0.2) is 12.1 Å². The minimum Gasteiger partial charge on any atom is -0.379 e. The second-order valence-electron chi connectivity index (χ2n) is 4.28. The van der Waals surface area contributed by atoms with E-state index in [0.29, 0.717) is 13.1 Å². The van der Waals surface area contributed by atoms with E-state index in [1.165, 1.54) is 0 Å². The number of benzene rings is 1. The fourth-order valence-electron chi connectivity index (χ4n) is 1.87. The van der Waals surface area contributed by atoms with Gasteiger partial charge in [-0.3, -0.25) is 14.9 Å². The van der Waals surface area contributed by atoms with Crippen molar-refractivity contribution >= 4 is 28.9 Å². The molecule has 0 spiro atoms. The fraction of sp³-hybridized carbons (Fsp3) is 0.462. The van der Waals surface area contributed by atoms with E-state index in [9.17, 15) is 19.3 Å². The van der Waals surface area contributed by atoms with Gasteiger partial charge < -0.3 is 10.2 Å². The Labute approximate surface area is 127 Å². The molecule has 0 bridgehead atoms. The van der Waals surface area contributed by atoms with Crippen molar-refractivity contribution in [3.8, 4) is 0 Å². The molecule has 1 aromatic carbocycles. The van der Waals surface area contributed by atoms with Crippen molar-refractivity contribution in [1.29, 1.82) is 0 Å². The molecular formula is C13H17ClFN3O3. The lowest BCUT2D eigenvalue weighted by molar-refractivity contribution is -0.384. The van der Waals surface area contributed by atoms with Crippen LogP contribution in [0.1, 0.15) is 20.3 Å². The molecular weight excluding hydrogens is 301 g/mol. The first-order chi connectivity index (χ1) is 9.90. The molecule has 0 aliphatic rings. The van der Waals surface area contributed by atoms with Crippen LogP contribution in [0.3, 0.4) is 0 Å². The molecule has 0 fully saturated rings. The van der Waals surface area contributed by atoms with Crippen LogP contribution in [0.2, 0.25) is 5.02 Å². The van der Waals surface area contributed by atoms with Crippen LogP contribution in [-0.2, 0) is 4.79 Å². The van der Waals surface area contributed by atoms with Gasteiger partial charge in [0.05, 0.1) is 16.0 Å². The number of carbonyl (C=O) groups excluding carboxylic acids is 1. The smallest absolute Gasteiger partial charge is 0.295 e. The van der Waals surface area contributed by atoms with Crippen LogP contribution >= 0.6 is 11.6 Å². The average Bonchev–Trinajstić information content (AvgIpc) is 2.43. The van der Waals surface area contributed by atoms with Crippen molar-refractivity contribution in [2.45, 2.75) is 20.3 Å². The predicted octanol–water partition coefficient (Wildman–Crippen LogP) is 3.06. The number of anilines is 1. The highest BCUT2D eigenvalue weighted by molar-refractivity contribution is 6.31. The van der Waals surface area contributed by atoms with Gasteiger partial charge in [0.25, 0.3) is 5.69 Å². The van der Waals surface area contributed by atoms with E-state index in [1.807, 2.05) is 13.8 Å². The summed E-state index contributed by atoms with van der Waals surface area (Å²) in [5.74, 6) is -0.906. The fourth-order valence-corrected chi connectivity index (χ4v) is 2.03. The summed E-state index contributed by atoms with van der Waals surface area (Å²) in [6.45, 7) is 5.17. The molecule has 0 heterocycles. The molecule has 0 unspecified atom stereocenters. The molecule has 0 radical (unpaired) electrons. The first kappa shape index (κ1) is 17.2. The quantitative estimate of drug-likeness (QED) is 0.619. The van der Waals surface area contributed by atoms with E-state index in [1.54, 1.807) is 4.90 Å². The van der Waals surface area contributed by atoms with E-state index < -0.39 is 16.4 Å². The standard InChI is InChI=1S/C13H17ClFN3O3/c1-3-17(4-2)13(19)5-6-16-11-7-9(14)10(15)8-12(11)18(20)21/h7-8,16H,3-6H2,1-2H3. The molecule has 1 aromatic rings. The summed E-state index contributed by atoms with van der Waals surface area (Å²) >= 11 is 5.61. The van der Waals surface area contributed by atoms with E-state index in [4.69, 9.17) is 11.6 Å². The van der Waals surface area contributed by atoms with Crippen LogP contribution in [0, 0.1) is 15.9 Å². The zero-order valence-electron chi connectivity index (χ0n) is 11.9. The van der Waals surface area contributed by atoms with Crippen LogP contribution in [0.4, 0.5) is 15.8 Å². The summed E-state index contributed by atoms with van der Waals surface area (Å²) in [6, 6.07) is 1.91. The van der Waals surface area contributed by atoms with E-state index >= 15 is 0 Å². The summed E-state index contributed by atoms with van der Waals surface area (Å²) in [6.07, 6.45) is 0.188. The summed E-state index contributed by atoms with van der Waals surface area (Å²) in [5, 5.41) is 13.4. The first-order valence-corrected chi connectivity index (χ1v) is 6.93. The number of nitro benzene ring substituents is 1. The van der Waals surface area contributed by atoms with Gasteiger partial charge in [-0.15, -0.1) is 0 Å². The van der Waals surface area contributed by atoms with Crippen molar-refractivity contribution in [3.63, 3.8) is 0 Å². The Morgan fingerprint density at radius 1 is 1.43 bits per heavy atom. The molecule has 21 heavy (non-hydrogen) atoms. The first-order valence-electron chi connectivity index (χ1n) is 6.55. The van der Waals surface area contributed by atoms with Crippen LogP contribution in [0.5, 0.6) is 0 Å². The topological polar surface area (TPSA) is 75.5 Å². The summed E-state index contributed by atoms with van der Waals surface area (Å²) in [7, 11) is 0. The van der Waals surface area contributed by atoms with Gasteiger partial charge in [-0.2, -0.15) is 0 Å². The SMILES string of the molecule is CCN(CC)C(=O)CCNc1cc(Cl)c(F)cc1[N+](=O)[O-]. The Morgan fingerprint density at radius 2 is 2.05 bits per heavy atom. The highest BCUT2D eigenvalue weighted by Gasteiger charge is 2.18. The molecule has 116 valence electrons. The van der Waals surface area contributed by atoms with Gasteiger partial charge in [-0.25, -0.2) is 4.39 Å². The van der Waals surface area contributed by atoms with E-state index in [-0.39, 0.29) is 29.6 Å². The molecule has 1 N–H and O–H groups in total. The second-order valence-corrected chi connectivity index (χ2v) is 4.69. The Morgan fingerprint density at radius 3 is 2.57 bits per heavy atom. The maximum atomic E-state index is 13.2. The zero-order chi connectivity index (χ0) is 16.0. The Kier molecular flexibility index (Phi) is 6.36. The van der Waals surface area contributed by atoms with Gasteiger partial charge in [0.1, 0.15) is 11.5 Å². The van der Waals surface area contributed by atoms with Gasteiger partial charge in [-0.05, 0) is 19.9 Å². The summed E-state index contributed by atoms with van der Waals surface area (Å²) in [4.78, 5) is 23.6. The minimum atomic E-state index is -0.854. The number of rotatable bonds is 7. The third-order valence-electron chi connectivity index (χ3n) is 3.01. The Balaban J connectivity index is 2.73. The predicted molar refractivity (Wildman–Crippen MR) is 79.1 cm³/mol. The Bertz CT molecular complexity index is 536. The Hall–Kier alpha value is -1.89. The van der Waals surface area contributed by atoms with Crippen molar-refractivity contribution in [2.75, 3.05) is 25.0 Å². The zero-order valence-corrected chi connectivity index (χ0v) is 12.6. The van der Waals surface area contributed by atoms with Crippen molar-refractivity contribution in [3.05, 3.63) is 33.1 Å². The van der Waals surface area contributed by atoms with E-state index in [2.05, 4.69) is 5.32 Å². The molecule has 6 nitrogen and oxygen atoms in total. The lowest BCUT2D eigenvalue weighted by atomic mass is 10.2. The normalized spacial score (nSPS) is 10.3. The van der Waals surface area contributed by atoms with Gasteiger partial charge in [0.2, 0.25) is 5.91 Å². The molecule has 0 atom stereocenters. The van der Waals surface area contributed by atoms with E-state index in [0.717, 1.165) is 12.1 Å². The van der Waals surface area contributed by atoms with Crippen molar-refractivity contribution in [2.24, 2.45) is 0 Å². The van der Waals surface area contributed by atoms with Crippen molar-refractivity contribution < 1.29 is 14.1 Å². The molecule has 8 heteroatoms. The van der Waals surface area contributed by atoms with Crippen LogP contribution in [-0.4, -0.2) is 35.4 Å². The van der Waals surface area contributed by atoms with Gasteiger partial charge in [-0.1, -0.05) is 11.6 Å². The van der Waals surface area contributed by atoms with Gasteiger partial charge in [0, 0.05) is 26.1 Å². The van der Waals surface area contributed by atoms with Crippen molar-refractivity contribution in [1.82, 2.24) is 4.90 Å². The van der Waals surface area contributed by atoms with Crippen LogP contribution in [0.25, 0.3) is 0 Å². The number of hydrogen-bond acceptors (Lipinski definition) is 4. The highest BCUT2D eigenvalue weighted by Crippen LogP contribution is 2.30. The number of halogens is 2. The molecule has 0 aliphatic carbocycles. The monoisotopic (exact) mass is 317 g/mol. The number of hydrogen-bond donors (Lipinski definition) is 1. The minimum absolute atomic E-state index is 0.0524. The number of amides is 1. The number of carbonyl (C=O) groups is 1. The molecule has 0 saturated carbocycles. The number of nitro groups is 1. The third kappa shape index (κ3) is 4.56. The lowest BCUT2D eigenvalue weighted by Crippen LogP contribution is -2.31. The molecule has 1 rings (SSSR count). The largest absolute Gasteiger partial charge is 0.379 e. The number of nitrogens with zero attached hydrogens (tertiary/aromatic N) is 2. The summed E-state index contributed by atoms with van der Waals surface area (Å²) in [5.41, 5.74) is -0.314. The third-order valence-corrected chi connectivity index (χ3v) is 3.30. The molecule has 0 aromatic heterocycles. The average molecular weight is 318 g/mol. The van der Waals surface area contributed by atoms with Crippen LogP contribution < -0.4 is 5.32 Å². The van der Waals surface area contributed by atoms with Gasteiger partial charge >= 0.3 is 0 Å². The second kappa shape index (κ2) is 7.78. The lowest BCUT2D eigenvalue weighted by Gasteiger charge is -2.18. The molecule has 0 saturated heterocycles. The summed E-state index contributed by atoms with van der Waals surface area (Å²) < 4.78 is 13.2. The maximum absolute atomic E-state index is 13.2. The maximum Gasteiger partial charge on any atom is 0.295 e.